The van der Waals surface area contributed by atoms with E-state index in [9.17, 15) is 4.79 Å². The maximum absolute atomic E-state index is 11.6. The summed E-state index contributed by atoms with van der Waals surface area (Å²) in [7, 11) is 7.09. The summed E-state index contributed by atoms with van der Waals surface area (Å²) in [6.07, 6.45) is 0. The van der Waals surface area contributed by atoms with E-state index in [2.05, 4.69) is 9.47 Å². The highest BCUT2D eigenvalue weighted by molar-refractivity contribution is 7.10. The fourth-order valence-electron chi connectivity index (χ4n) is 1.16. The molecule has 0 spiro atoms. The molecule has 0 fully saturated rings. The number of ether oxygens (including phenoxy) is 1. The van der Waals surface area contributed by atoms with Crippen LogP contribution in [-0.2, 0) is 0 Å². The molecule has 1 rings (SSSR count). The molecule has 1 aromatic rings. The fourth-order valence-corrected chi connectivity index (χ4v) is 1.34. The van der Waals surface area contributed by atoms with Crippen molar-refractivity contribution in [2.45, 2.75) is 13.8 Å². The van der Waals surface area contributed by atoms with Gasteiger partial charge in [0.25, 0.3) is 5.91 Å². The summed E-state index contributed by atoms with van der Waals surface area (Å²) in [5.74, 6) is 1.05. The predicted molar refractivity (Wildman–Crippen MR) is 72.7 cm³/mol. The lowest BCUT2D eigenvalue weighted by Crippen LogP contribution is -2.21. The molecule has 0 saturated heterocycles. The molecule has 0 aliphatic rings. The highest BCUT2D eigenvalue weighted by Crippen LogP contribution is 2.29. The van der Waals surface area contributed by atoms with Crippen LogP contribution < -0.4 is 9.26 Å². The van der Waals surface area contributed by atoms with E-state index in [0.717, 1.165) is 0 Å². The summed E-state index contributed by atoms with van der Waals surface area (Å²) in [5.41, 5.74) is 0.568. The Kier molecular flexibility index (Phi) is 7.31. The first-order valence-electron chi connectivity index (χ1n) is 5.36. The summed E-state index contributed by atoms with van der Waals surface area (Å²) >= 11 is 0. The van der Waals surface area contributed by atoms with Gasteiger partial charge in [0.05, 0.1) is 16.6 Å². The van der Waals surface area contributed by atoms with Crippen molar-refractivity contribution in [3.63, 3.8) is 0 Å². The molecule has 0 bridgehead atoms. The van der Waals surface area contributed by atoms with Gasteiger partial charge in [-0.05, 0) is 18.2 Å². The van der Waals surface area contributed by atoms with Crippen LogP contribution >= 0.6 is 9.47 Å². The van der Waals surface area contributed by atoms with Crippen LogP contribution in [0.15, 0.2) is 18.2 Å². The van der Waals surface area contributed by atoms with Gasteiger partial charge in [0.1, 0.15) is 0 Å². The maximum atomic E-state index is 11.6. The SMILES string of the molecule is CC.COc1ccc(C(=O)N(C)C)cc1OP. The summed E-state index contributed by atoms with van der Waals surface area (Å²) in [5, 5.41) is 0. The predicted octanol–water partition coefficient (Wildman–Crippen LogP) is 2.59. The summed E-state index contributed by atoms with van der Waals surface area (Å²) in [6, 6.07) is 5.05. The first-order chi connectivity index (χ1) is 8.10. The van der Waals surface area contributed by atoms with Crippen LogP contribution in [-0.4, -0.2) is 32.0 Å². The van der Waals surface area contributed by atoms with Crippen molar-refractivity contribution in [3.8, 4) is 11.5 Å². The molecule has 0 heterocycles. The molecular weight excluding hydrogens is 237 g/mol. The highest BCUT2D eigenvalue weighted by Gasteiger charge is 2.11. The van der Waals surface area contributed by atoms with Crippen molar-refractivity contribution in [2.75, 3.05) is 21.2 Å². The van der Waals surface area contributed by atoms with Crippen LogP contribution in [0.2, 0.25) is 0 Å². The first kappa shape index (κ1) is 15.7. The number of rotatable bonds is 3. The minimum Gasteiger partial charge on any atom is -0.493 e. The molecule has 1 aromatic carbocycles. The molecule has 17 heavy (non-hydrogen) atoms. The molecule has 4 nitrogen and oxygen atoms in total. The Morgan fingerprint density at radius 2 is 1.82 bits per heavy atom. The number of amides is 1. The molecule has 0 radical (unpaired) electrons. The lowest BCUT2D eigenvalue weighted by molar-refractivity contribution is 0.0827. The van der Waals surface area contributed by atoms with Crippen molar-refractivity contribution in [1.82, 2.24) is 4.90 Å². The molecule has 0 aromatic heterocycles. The smallest absolute Gasteiger partial charge is 0.253 e. The molecule has 0 aliphatic heterocycles. The van der Waals surface area contributed by atoms with Gasteiger partial charge in [-0.2, -0.15) is 0 Å². The van der Waals surface area contributed by atoms with E-state index in [1.54, 1.807) is 39.4 Å². The molecule has 0 aliphatic carbocycles. The molecule has 1 unspecified atom stereocenters. The second-order valence-electron chi connectivity index (χ2n) is 3.18. The number of nitrogens with zero attached hydrogens (tertiary/aromatic N) is 1. The van der Waals surface area contributed by atoms with Crippen molar-refractivity contribution in [2.24, 2.45) is 0 Å². The first-order valence-corrected chi connectivity index (χ1v) is 5.83. The van der Waals surface area contributed by atoms with Gasteiger partial charge in [0.15, 0.2) is 11.5 Å². The van der Waals surface area contributed by atoms with Crippen LogP contribution in [0.3, 0.4) is 0 Å². The van der Waals surface area contributed by atoms with E-state index >= 15 is 0 Å². The van der Waals surface area contributed by atoms with Crippen LogP contribution in [0.25, 0.3) is 0 Å². The summed E-state index contributed by atoms with van der Waals surface area (Å²) < 4.78 is 10.1. The minimum absolute atomic E-state index is 0.0686. The zero-order chi connectivity index (χ0) is 13.4. The van der Waals surface area contributed by atoms with E-state index in [-0.39, 0.29) is 5.91 Å². The van der Waals surface area contributed by atoms with Crippen molar-refractivity contribution in [1.29, 1.82) is 0 Å². The van der Waals surface area contributed by atoms with Crippen LogP contribution in [0.4, 0.5) is 0 Å². The topological polar surface area (TPSA) is 38.8 Å². The Bertz CT molecular complexity index is 367. The molecular formula is C12H20NO3P. The third-order valence-corrected chi connectivity index (χ3v) is 2.20. The van der Waals surface area contributed by atoms with Crippen LogP contribution in [0.5, 0.6) is 11.5 Å². The van der Waals surface area contributed by atoms with E-state index in [1.807, 2.05) is 13.8 Å². The molecule has 0 N–H and O–H groups in total. The maximum Gasteiger partial charge on any atom is 0.253 e. The van der Waals surface area contributed by atoms with Gasteiger partial charge in [-0.3, -0.25) is 4.79 Å². The largest absolute Gasteiger partial charge is 0.493 e. The van der Waals surface area contributed by atoms with Gasteiger partial charge in [-0.25, -0.2) is 0 Å². The van der Waals surface area contributed by atoms with E-state index in [4.69, 9.17) is 9.26 Å². The lowest BCUT2D eigenvalue weighted by Gasteiger charge is -2.12. The Balaban J connectivity index is 0.00000121. The average Bonchev–Trinajstić information content (AvgIpc) is 2.39. The molecule has 1 amide bonds. The van der Waals surface area contributed by atoms with Gasteiger partial charge in [-0.1, -0.05) is 13.8 Å². The van der Waals surface area contributed by atoms with Gasteiger partial charge in [-0.15, -0.1) is 0 Å². The summed E-state index contributed by atoms with van der Waals surface area (Å²) in [6.45, 7) is 4.00. The second-order valence-corrected chi connectivity index (χ2v) is 3.42. The zero-order valence-electron chi connectivity index (χ0n) is 11.0. The number of methoxy groups -OCH3 is 1. The normalized spacial score (nSPS) is 8.82. The minimum atomic E-state index is -0.0686. The van der Waals surface area contributed by atoms with Gasteiger partial charge in [0.2, 0.25) is 0 Å². The van der Waals surface area contributed by atoms with Gasteiger partial charge < -0.3 is 14.2 Å². The molecule has 5 heteroatoms. The quantitative estimate of drug-likeness (QED) is 0.781. The van der Waals surface area contributed by atoms with Gasteiger partial charge in [0, 0.05) is 19.7 Å². The third-order valence-electron chi connectivity index (χ3n) is 1.94. The standard InChI is InChI=1S/C10H14NO3P.C2H6/c1-11(2)10(12)7-4-5-8(13-3)9(6-7)14-15;1-2/h4-6H,15H2,1-3H3;1-2H3. The number of carbonyl (C=O) groups is 1. The van der Waals surface area contributed by atoms with E-state index in [0.29, 0.717) is 17.1 Å². The fraction of sp³-hybridized carbons (Fsp3) is 0.417. The Hall–Kier alpha value is -1.28. The Morgan fingerprint density at radius 1 is 1.24 bits per heavy atom. The van der Waals surface area contributed by atoms with E-state index in [1.165, 1.54) is 4.90 Å². The number of carbonyl (C=O) groups excluding carboxylic acids is 1. The zero-order valence-corrected chi connectivity index (χ0v) is 12.1. The van der Waals surface area contributed by atoms with Gasteiger partial charge >= 0.3 is 0 Å². The van der Waals surface area contributed by atoms with E-state index < -0.39 is 0 Å². The number of hydrogen-bond acceptors (Lipinski definition) is 3. The average molecular weight is 257 g/mol. The van der Waals surface area contributed by atoms with Crippen LogP contribution in [0, 0.1) is 0 Å². The number of benzene rings is 1. The Labute approximate surface area is 105 Å². The highest BCUT2D eigenvalue weighted by atomic mass is 31.0. The van der Waals surface area contributed by atoms with Crippen LogP contribution in [0.1, 0.15) is 24.2 Å². The van der Waals surface area contributed by atoms with Crippen molar-refractivity contribution in [3.05, 3.63) is 23.8 Å². The van der Waals surface area contributed by atoms with Crippen molar-refractivity contribution >= 4 is 15.4 Å². The second kappa shape index (κ2) is 7.91. The Morgan fingerprint density at radius 3 is 2.24 bits per heavy atom. The third kappa shape index (κ3) is 4.23. The monoisotopic (exact) mass is 257 g/mol. The van der Waals surface area contributed by atoms with Crippen molar-refractivity contribution < 1.29 is 14.1 Å². The summed E-state index contributed by atoms with van der Waals surface area (Å²) in [4.78, 5) is 13.1. The molecule has 96 valence electrons. The molecule has 1 atom stereocenters. The molecule has 0 saturated carbocycles. The lowest BCUT2D eigenvalue weighted by atomic mass is 10.2. The number of hydrogen-bond donors (Lipinski definition) is 0.